The standard InChI is InChI=1S/C12H18ClN3/c1-14-11-8-10(13)15-12(16-11)9-6-4-2-3-5-7-9/h8-9H,2-7H2,1H3,(H,14,15,16). The van der Waals surface area contributed by atoms with E-state index in [0.717, 1.165) is 11.6 Å². The molecule has 0 saturated heterocycles. The Morgan fingerprint density at radius 2 is 1.88 bits per heavy atom. The SMILES string of the molecule is CNc1cc(Cl)nc(C2CCCCCC2)n1. The first-order chi connectivity index (χ1) is 7.79. The lowest BCUT2D eigenvalue weighted by Crippen LogP contribution is -2.06. The molecule has 1 fully saturated rings. The first-order valence-electron chi connectivity index (χ1n) is 6.02. The Balaban J connectivity index is 2.20. The van der Waals surface area contributed by atoms with E-state index in [1.54, 1.807) is 6.07 Å². The van der Waals surface area contributed by atoms with Gasteiger partial charge in [-0.25, -0.2) is 9.97 Å². The third-order valence-electron chi connectivity index (χ3n) is 3.19. The Morgan fingerprint density at radius 3 is 2.50 bits per heavy atom. The Hall–Kier alpha value is -0.830. The molecule has 1 heterocycles. The van der Waals surface area contributed by atoms with Crippen LogP contribution in [0.2, 0.25) is 5.15 Å². The lowest BCUT2D eigenvalue weighted by Gasteiger charge is -2.13. The second-order valence-corrected chi connectivity index (χ2v) is 4.76. The van der Waals surface area contributed by atoms with Crippen LogP contribution in [-0.2, 0) is 0 Å². The minimum atomic E-state index is 0.494. The third-order valence-corrected chi connectivity index (χ3v) is 3.38. The highest BCUT2D eigenvalue weighted by Crippen LogP contribution is 2.30. The average Bonchev–Trinajstić information content (AvgIpc) is 2.56. The molecule has 2 rings (SSSR count). The Morgan fingerprint density at radius 1 is 1.19 bits per heavy atom. The molecule has 0 unspecified atom stereocenters. The topological polar surface area (TPSA) is 37.8 Å². The van der Waals surface area contributed by atoms with Gasteiger partial charge in [0.05, 0.1) is 0 Å². The van der Waals surface area contributed by atoms with Crippen LogP contribution in [0.15, 0.2) is 6.07 Å². The lowest BCUT2D eigenvalue weighted by molar-refractivity contribution is 0.561. The molecule has 88 valence electrons. The van der Waals surface area contributed by atoms with Gasteiger partial charge in [0.1, 0.15) is 16.8 Å². The molecule has 0 aliphatic heterocycles. The predicted octanol–water partition coefficient (Wildman–Crippen LogP) is 3.61. The molecule has 1 aliphatic rings. The highest BCUT2D eigenvalue weighted by atomic mass is 35.5. The zero-order chi connectivity index (χ0) is 11.4. The van der Waals surface area contributed by atoms with Crippen LogP contribution in [-0.4, -0.2) is 17.0 Å². The summed E-state index contributed by atoms with van der Waals surface area (Å²) in [4.78, 5) is 8.87. The summed E-state index contributed by atoms with van der Waals surface area (Å²) in [5.41, 5.74) is 0. The van der Waals surface area contributed by atoms with Crippen molar-refractivity contribution >= 4 is 17.4 Å². The van der Waals surface area contributed by atoms with E-state index in [0.29, 0.717) is 11.1 Å². The van der Waals surface area contributed by atoms with E-state index in [9.17, 15) is 0 Å². The van der Waals surface area contributed by atoms with Crippen LogP contribution in [0, 0.1) is 0 Å². The zero-order valence-corrected chi connectivity index (χ0v) is 10.4. The number of anilines is 1. The van der Waals surface area contributed by atoms with Gasteiger partial charge in [0, 0.05) is 19.0 Å². The molecule has 4 heteroatoms. The van der Waals surface area contributed by atoms with Gasteiger partial charge in [-0.3, -0.25) is 0 Å². The maximum absolute atomic E-state index is 6.00. The van der Waals surface area contributed by atoms with E-state index in [2.05, 4.69) is 15.3 Å². The van der Waals surface area contributed by atoms with E-state index >= 15 is 0 Å². The number of nitrogens with zero attached hydrogens (tertiary/aromatic N) is 2. The fourth-order valence-electron chi connectivity index (χ4n) is 2.28. The summed E-state index contributed by atoms with van der Waals surface area (Å²) in [7, 11) is 1.86. The summed E-state index contributed by atoms with van der Waals surface area (Å²) in [5.74, 6) is 2.23. The van der Waals surface area contributed by atoms with E-state index in [-0.39, 0.29) is 0 Å². The van der Waals surface area contributed by atoms with Crippen LogP contribution < -0.4 is 5.32 Å². The average molecular weight is 240 g/mol. The van der Waals surface area contributed by atoms with Crippen LogP contribution in [0.5, 0.6) is 0 Å². The summed E-state index contributed by atoms with van der Waals surface area (Å²) in [6, 6.07) is 1.77. The number of halogens is 1. The molecule has 1 saturated carbocycles. The first-order valence-corrected chi connectivity index (χ1v) is 6.39. The van der Waals surface area contributed by atoms with E-state index in [1.807, 2.05) is 7.05 Å². The summed E-state index contributed by atoms with van der Waals surface area (Å²) >= 11 is 6.00. The first kappa shape index (κ1) is 11.6. The van der Waals surface area contributed by atoms with Crippen molar-refractivity contribution in [1.29, 1.82) is 0 Å². The minimum absolute atomic E-state index is 0.494. The van der Waals surface area contributed by atoms with E-state index < -0.39 is 0 Å². The maximum atomic E-state index is 6.00. The van der Waals surface area contributed by atoms with Crippen LogP contribution in [0.4, 0.5) is 5.82 Å². The highest BCUT2D eigenvalue weighted by Gasteiger charge is 2.18. The number of nitrogens with one attached hydrogen (secondary N) is 1. The van der Waals surface area contributed by atoms with E-state index in [4.69, 9.17) is 11.6 Å². The lowest BCUT2D eigenvalue weighted by atomic mass is 9.99. The normalized spacial score (nSPS) is 18.1. The van der Waals surface area contributed by atoms with Crippen molar-refractivity contribution in [1.82, 2.24) is 9.97 Å². The molecule has 1 aromatic rings. The van der Waals surface area contributed by atoms with Gasteiger partial charge in [0.15, 0.2) is 0 Å². The van der Waals surface area contributed by atoms with Gasteiger partial charge >= 0.3 is 0 Å². The third kappa shape index (κ3) is 2.85. The highest BCUT2D eigenvalue weighted by molar-refractivity contribution is 6.29. The summed E-state index contributed by atoms with van der Waals surface area (Å²) < 4.78 is 0. The number of aromatic nitrogens is 2. The minimum Gasteiger partial charge on any atom is -0.373 e. The molecule has 0 atom stereocenters. The Labute approximate surface area is 102 Å². The van der Waals surface area contributed by atoms with Gasteiger partial charge in [0.2, 0.25) is 0 Å². The number of hydrogen-bond donors (Lipinski definition) is 1. The van der Waals surface area contributed by atoms with Crippen molar-refractivity contribution in [2.24, 2.45) is 0 Å². The molecular weight excluding hydrogens is 222 g/mol. The quantitative estimate of drug-likeness (QED) is 0.633. The largest absolute Gasteiger partial charge is 0.373 e. The summed E-state index contributed by atoms with van der Waals surface area (Å²) in [6.07, 6.45) is 7.66. The maximum Gasteiger partial charge on any atom is 0.135 e. The van der Waals surface area contributed by atoms with Crippen molar-refractivity contribution < 1.29 is 0 Å². The summed E-state index contributed by atoms with van der Waals surface area (Å²) in [6.45, 7) is 0. The second kappa shape index (κ2) is 5.48. The van der Waals surface area contributed by atoms with Gasteiger partial charge in [-0.05, 0) is 12.8 Å². The van der Waals surface area contributed by atoms with Gasteiger partial charge < -0.3 is 5.32 Å². The van der Waals surface area contributed by atoms with Crippen LogP contribution in [0.3, 0.4) is 0 Å². The van der Waals surface area contributed by atoms with Gasteiger partial charge in [-0.15, -0.1) is 0 Å². The van der Waals surface area contributed by atoms with E-state index in [1.165, 1.54) is 38.5 Å². The fraction of sp³-hybridized carbons (Fsp3) is 0.667. The molecular formula is C12H18ClN3. The molecule has 0 bridgehead atoms. The number of hydrogen-bond acceptors (Lipinski definition) is 3. The van der Waals surface area contributed by atoms with Crippen LogP contribution >= 0.6 is 11.6 Å². The van der Waals surface area contributed by atoms with Crippen LogP contribution in [0.1, 0.15) is 50.3 Å². The molecule has 0 amide bonds. The van der Waals surface area contributed by atoms with Gasteiger partial charge in [-0.2, -0.15) is 0 Å². The van der Waals surface area contributed by atoms with Crippen molar-refractivity contribution in [2.45, 2.75) is 44.4 Å². The molecule has 1 aromatic heterocycles. The second-order valence-electron chi connectivity index (χ2n) is 4.37. The van der Waals surface area contributed by atoms with Crippen molar-refractivity contribution in [3.8, 4) is 0 Å². The molecule has 0 spiro atoms. The van der Waals surface area contributed by atoms with Gasteiger partial charge in [-0.1, -0.05) is 37.3 Å². The Bertz CT molecular complexity index is 346. The molecule has 0 aromatic carbocycles. The van der Waals surface area contributed by atoms with Crippen molar-refractivity contribution in [3.63, 3.8) is 0 Å². The number of rotatable bonds is 2. The van der Waals surface area contributed by atoms with Crippen molar-refractivity contribution in [2.75, 3.05) is 12.4 Å². The zero-order valence-electron chi connectivity index (χ0n) is 9.67. The molecule has 16 heavy (non-hydrogen) atoms. The molecule has 3 nitrogen and oxygen atoms in total. The van der Waals surface area contributed by atoms with Gasteiger partial charge in [0.25, 0.3) is 0 Å². The smallest absolute Gasteiger partial charge is 0.135 e. The van der Waals surface area contributed by atoms with Crippen LogP contribution in [0.25, 0.3) is 0 Å². The molecule has 0 radical (unpaired) electrons. The summed E-state index contributed by atoms with van der Waals surface area (Å²) in [5, 5.41) is 3.57. The fourth-order valence-corrected chi connectivity index (χ4v) is 2.47. The Kier molecular flexibility index (Phi) is 3.99. The predicted molar refractivity (Wildman–Crippen MR) is 67.0 cm³/mol. The molecule has 1 N–H and O–H groups in total. The molecule has 1 aliphatic carbocycles. The monoisotopic (exact) mass is 239 g/mol. The van der Waals surface area contributed by atoms with Crippen molar-refractivity contribution in [3.05, 3.63) is 17.0 Å².